The lowest BCUT2D eigenvalue weighted by atomic mass is 9.99. The summed E-state index contributed by atoms with van der Waals surface area (Å²) in [6.07, 6.45) is 3.03. The van der Waals surface area contributed by atoms with Crippen molar-refractivity contribution in [3.63, 3.8) is 0 Å². The van der Waals surface area contributed by atoms with Gasteiger partial charge >= 0.3 is 0 Å². The van der Waals surface area contributed by atoms with E-state index in [9.17, 15) is 18.7 Å². The molecule has 0 radical (unpaired) electrons. The van der Waals surface area contributed by atoms with Gasteiger partial charge in [0, 0.05) is 37.5 Å². The van der Waals surface area contributed by atoms with Crippen LogP contribution in [0.15, 0.2) is 55.0 Å². The molecule has 4 aromatic rings. The number of aliphatic hydroxyl groups excluding tert-OH is 1. The number of hydrogen-bond acceptors (Lipinski definition) is 6. The van der Waals surface area contributed by atoms with Gasteiger partial charge in [0.2, 0.25) is 0 Å². The van der Waals surface area contributed by atoms with E-state index in [1.165, 1.54) is 12.1 Å². The zero-order valence-corrected chi connectivity index (χ0v) is 18.6. The number of benzene rings is 1. The lowest BCUT2D eigenvalue weighted by Gasteiger charge is -2.33. The Kier molecular flexibility index (Phi) is 5.10. The molecule has 2 aliphatic heterocycles. The third-order valence-electron chi connectivity index (χ3n) is 6.59. The molecule has 2 atom stereocenters. The van der Waals surface area contributed by atoms with Gasteiger partial charge < -0.3 is 20.6 Å². The van der Waals surface area contributed by atoms with Crippen LogP contribution in [0.2, 0.25) is 0 Å². The number of halogens is 2. The molecule has 0 saturated carbocycles. The summed E-state index contributed by atoms with van der Waals surface area (Å²) < 4.78 is 29.0. The number of amides is 1. The number of aliphatic hydroxyl groups is 1. The second-order valence-electron chi connectivity index (χ2n) is 8.76. The number of anilines is 3. The summed E-state index contributed by atoms with van der Waals surface area (Å²) >= 11 is 0. The average molecular weight is 476 g/mol. The SMILES string of the molecule is O=C1NCc2c(-c3cnc4cc(F)ccn34)ccc(Nc3ccc(N4CC[C@H](F)[C@H](O)C4)cn3)c21. The quantitative estimate of drug-likeness (QED) is 0.418. The molecule has 1 aromatic carbocycles. The van der Waals surface area contributed by atoms with Gasteiger partial charge in [0.05, 0.1) is 35.0 Å². The number of aromatic nitrogens is 3. The Labute approximate surface area is 199 Å². The maximum Gasteiger partial charge on any atom is 0.254 e. The summed E-state index contributed by atoms with van der Waals surface area (Å²) in [5.74, 6) is -0.00335. The molecule has 0 unspecified atom stereocenters. The molecule has 6 rings (SSSR count). The minimum atomic E-state index is -1.20. The molecule has 178 valence electrons. The highest BCUT2D eigenvalue weighted by molar-refractivity contribution is 6.06. The first kappa shape index (κ1) is 21.5. The van der Waals surface area contributed by atoms with E-state index in [1.807, 2.05) is 23.1 Å². The normalized spacial score (nSPS) is 19.6. The number of pyridine rings is 2. The van der Waals surface area contributed by atoms with E-state index in [2.05, 4.69) is 20.6 Å². The molecule has 10 heteroatoms. The van der Waals surface area contributed by atoms with E-state index in [0.717, 1.165) is 22.5 Å². The largest absolute Gasteiger partial charge is 0.388 e. The van der Waals surface area contributed by atoms with Gasteiger partial charge in [-0.2, -0.15) is 0 Å². The summed E-state index contributed by atoms with van der Waals surface area (Å²) in [4.78, 5) is 23.4. The van der Waals surface area contributed by atoms with E-state index in [-0.39, 0.29) is 24.7 Å². The number of nitrogens with zero attached hydrogens (tertiary/aromatic N) is 4. The van der Waals surface area contributed by atoms with E-state index in [0.29, 0.717) is 35.8 Å². The minimum absolute atomic E-state index is 0.191. The van der Waals surface area contributed by atoms with Crippen LogP contribution in [-0.4, -0.2) is 50.7 Å². The standard InChI is InChI=1S/C25H22F2N6O2/c26-14-5-8-33-20(12-29-23(33)9-14)16-2-3-19(24-17(16)11-30-25(24)35)31-22-4-1-15(10-28-22)32-7-6-18(27)21(34)13-32/h1-5,8-10,12,18,21,34H,6-7,11,13H2,(H,28,31)(H,30,35)/t18-,21+/m0/s1. The Morgan fingerprint density at radius 1 is 1.14 bits per heavy atom. The van der Waals surface area contributed by atoms with Crippen molar-refractivity contribution in [3.8, 4) is 11.3 Å². The molecule has 2 aliphatic rings. The van der Waals surface area contributed by atoms with Crippen LogP contribution in [0.1, 0.15) is 22.3 Å². The highest BCUT2D eigenvalue weighted by Crippen LogP contribution is 2.35. The Morgan fingerprint density at radius 3 is 2.83 bits per heavy atom. The molecule has 3 N–H and O–H groups in total. The van der Waals surface area contributed by atoms with Crippen molar-refractivity contribution in [1.82, 2.24) is 19.7 Å². The second kappa shape index (κ2) is 8.31. The summed E-state index contributed by atoms with van der Waals surface area (Å²) in [5.41, 5.74) is 4.85. The number of fused-ring (bicyclic) bond motifs is 2. The number of imidazole rings is 1. The summed E-state index contributed by atoms with van der Waals surface area (Å²) in [6.45, 7) is 1.10. The number of nitrogens with one attached hydrogen (secondary N) is 2. The van der Waals surface area contributed by atoms with Gasteiger partial charge in [-0.05, 0) is 36.2 Å². The van der Waals surface area contributed by atoms with Crippen LogP contribution >= 0.6 is 0 Å². The van der Waals surface area contributed by atoms with E-state index in [4.69, 9.17) is 0 Å². The number of carbonyl (C=O) groups is 1. The number of rotatable bonds is 4. The first-order valence-corrected chi connectivity index (χ1v) is 11.3. The fourth-order valence-electron chi connectivity index (χ4n) is 4.77. The monoisotopic (exact) mass is 476 g/mol. The summed E-state index contributed by atoms with van der Waals surface area (Å²) in [5, 5.41) is 15.9. The number of alkyl halides is 1. The zero-order chi connectivity index (χ0) is 24.1. The van der Waals surface area contributed by atoms with Crippen molar-refractivity contribution in [2.24, 2.45) is 0 Å². The molecule has 0 aliphatic carbocycles. The predicted molar refractivity (Wildman–Crippen MR) is 127 cm³/mol. The molecule has 3 aromatic heterocycles. The molecule has 0 bridgehead atoms. The molecular weight excluding hydrogens is 454 g/mol. The highest BCUT2D eigenvalue weighted by Gasteiger charge is 2.29. The molecule has 1 saturated heterocycles. The molecule has 5 heterocycles. The zero-order valence-electron chi connectivity index (χ0n) is 18.6. The van der Waals surface area contributed by atoms with Crippen molar-refractivity contribution in [2.45, 2.75) is 25.2 Å². The van der Waals surface area contributed by atoms with Gasteiger partial charge in [0.25, 0.3) is 5.91 Å². The molecule has 1 amide bonds. The predicted octanol–water partition coefficient (Wildman–Crippen LogP) is 3.43. The number of β-amino-alcohol motifs (C(OH)–C–C–N with tert-alkyl or cyclic N) is 1. The minimum Gasteiger partial charge on any atom is -0.388 e. The van der Waals surface area contributed by atoms with Gasteiger partial charge in [0.1, 0.15) is 29.6 Å². The van der Waals surface area contributed by atoms with Crippen molar-refractivity contribution < 1.29 is 18.7 Å². The fourth-order valence-corrected chi connectivity index (χ4v) is 4.77. The average Bonchev–Trinajstić information content (AvgIpc) is 3.45. The van der Waals surface area contributed by atoms with Crippen molar-refractivity contribution in [2.75, 3.05) is 23.3 Å². The maximum absolute atomic E-state index is 13.6. The van der Waals surface area contributed by atoms with Gasteiger partial charge in [-0.15, -0.1) is 0 Å². The lowest BCUT2D eigenvalue weighted by molar-refractivity contribution is 0.0645. The van der Waals surface area contributed by atoms with E-state index >= 15 is 0 Å². The maximum atomic E-state index is 13.6. The van der Waals surface area contributed by atoms with Crippen molar-refractivity contribution in [1.29, 1.82) is 0 Å². The van der Waals surface area contributed by atoms with Crippen molar-refractivity contribution in [3.05, 3.63) is 71.9 Å². The third kappa shape index (κ3) is 3.75. The van der Waals surface area contributed by atoms with Crippen LogP contribution < -0.4 is 15.5 Å². The molecule has 35 heavy (non-hydrogen) atoms. The smallest absolute Gasteiger partial charge is 0.254 e. The third-order valence-corrected chi connectivity index (χ3v) is 6.59. The van der Waals surface area contributed by atoms with E-state index in [1.54, 1.807) is 29.1 Å². The van der Waals surface area contributed by atoms with Crippen LogP contribution in [0, 0.1) is 5.82 Å². The van der Waals surface area contributed by atoms with Gasteiger partial charge in [-0.1, -0.05) is 6.07 Å². The second-order valence-corrected chi connectivity index (χ2v) is 8.76. The topological polar surface area (TPSA) is 94.8 Å². The van der Waals surface area contributed by atoms with Gasteiger partial charge in [0.15, 0.2) is 0 Å². The molecule has 1 fully saturated rings. The first-order chi connectivity index (χ1) is 17.0. The lowest BCUT2D eigenvalue weighted by Crippen LogP contribution is -2.45. The highest BCUT2D eigenvalue weighted by atomic mass is 19.1. The Hall–Kier alpha value is -4.05. The summed E-state index contributed by atoms with van der Waals surface area (Å²) in [7, 11) is 0. The number of piperidine rings is 1. The van der Waals surface area contributed by atoms with Crippen LogP contribution in [0.25, 0.3) is 16.9 Å². The Balaban J connectivity index is 1.30. The van der Waals surface area contributed by atoms with Crippen LogP contribution in [-0.2, 0) is 6.54 Å². The fraction of sp³-hybridized carbons (Fsp3) is 0.240. The first-order valence-electron chi connectivity index (χ1n) is 11.3. The molecule has 8 nitrogen and oxygen atoms in total. The molecular formula is C25H22F2N6O2. The van der Waals surface area contributed by atoms with Crippen LogP contribution in [0.4, 0.5) is 26.0 Å². The van der Waals surface area contributed by atoms with Crippen LogP contribution in [0.3, 0.4) is 0 Å². The number of hydrogen-bond donors (Lipinski definition) is 3. The van der Waals surface area contributed by atoms with Crippen molar-refractivity contribution >= 4 is 28.7 Å². The number of carbonyl (C=O) groups excluding carboxylic acids is 1. The molecule has 0 spiro atoms. The van der Waals surface area contributed by atoms with Gasteiger partial charge in [-0.25, -0.2) is 18.7 Å². The van der Waals surface area contributed by atoms with Gasteiger partial charge in [-0.3, -0.25) is 9.20 Å². The van der Waals surface area contributed by atoms with E-state index < -0.39 is 12.3 Å². The Bertz CT molecular complexity index is 1440. The summed E-state index contributed by atoms with van der Waals surface area (Å²) in [6, 6.07) is 10.1. The van der Waals surface area contributed by atoms with Crippen LogP contribution in [0.5, 0.6) is 0 Å². The Morgan fingerprint density at radius 2 is 2.03 bits per heavy atom.